The highest BCUT2D eigenvalue weighted by molar-refractivity contribution is 6.33. The molecule has 1 unspecified atom stereocenters. The molecule has 0 bridgehead atoms. The minimum absolute atomic E-state index is 0.0920. The molecule has 0 aliphatic rings. The number of benzene rings is 3. The summed E-state index contributed by atoms with van der Waals surface area (Å²) in [4.78, 5) is 17.3. The molecule has 0 fully saturated rings. The quantitative estimate of drug-likeness (QED) is 0.329. The van der Waals surface area contributed by atoms with Gasteiger partial charge in [0.05, 0.1) is 5.02 Å². The number of carbonyl (C=O) groups excluding carboxylic acids is 1. The Balaban J connectivity index is 1.36. The van der Waals surface area contributed by atoms with Gasteiger partial charge in [-0.2, -0.15) is 5.21 Å². The van der Waals surface area contributed by atoms with Crippen LogP contribution in [0.4, 0.5) is 0 Å². The summed E-state index contributed by atoms with van der Waals surface area (Å²) in [6.07, 6.45) is 1.20. The molecule has 0 spiro atoms. The lowest BCUT2D eigenvalue weighted by Gasteiger charge is -2.16. The molecule has 2 heterocycles. The van der Waals surface area contributed by atoms with Crippen LogP contribution >= 0.6 is 11.6 Å². The third-order valence-corrected chi connectivity index (χ3v) is 5.59. The third kappa shape index (κ3) is 5.04. The first-order valence-corrected chi connectivity index (χ1v) is 11.1. The second kappa shape index (κ2) is 10.2. The number of H-pyrrole nitrogens is 1. The first-order chi connectivity index (χ1) is 17.2. The lowest BCUT2D eigenvalue weighted by molar-refractivity contribution is 0.0937. The van der Waals surface area contributed by atoms with Crippen molar-refractivity contribution in [2.24, 2.45) is 0 Å². The zero-order valence-electron chi connectivity index (χ0n) is 18.3. The summed E-state index contributed by atoms with van der Waals surface area (Å²) in [5.74, 6) is 0.768. The van der Waals surface area contributed by atoms with Crippen LogP contribution < -0.4 is 10.1 Å². The SMILES string of the molecule is O=C(NC(c1ccc(OCc2ccccc2)cc1)c1nn[nH]n1)c1ncoc1-c1ccccc1Cl. The van der Waals surface area contributed by atoms with E-state index in [1.165, 1.54) is 6.39 Å². The van der Waals surface area contributed by atoms with E-state index in [2.05, 4.69) is 30.9 Å². The Morgan fingerprint density at radius 1 is 1.03 bits per heavy atom. The van der Waals surface area contributed by atoms with Crippen molar-refractivity contribution >= 4 is 17.5 Å². The molecule has 0 saturated carbocycles. The van der Waals surface area contributed by atoms with E-state index in [0.717, 1.165) is 11.1 Å². The van der Waals surface area contributed by atoms with E-state index in [0.29, 0.717) is 28.8 Å². The van der Waals surface area contributed by atoms with Gasteiger partial charge in [0, 0.05) is 5.56 Å². The Kier molecular flexibility index (Phi) is 6.49. The fourth-order valence-corrected chi connectivity index (χ4v) is 3.75. The van der Waals surface area contributed by atoms with Gasteiger partial charge >= 0.3 is 0 Å². The number of aromatic nitrogens is 5. The molecule has 1 amide bonds. The minimum atomic E-state index is -0.694. The number of hydrogen-bond donors (Lipinski definition) is 2. The number of carbonyl (C=O) groups is 1. The average Bonchev–Trinajstić information content (AvgIpc) is 3.60. The van der Waals surface area contributed by atoms with Gasteiger partial charge in [-0.3, -0.25) is 4.79 Å². The Morgan fingerprint density at radius 3 is 2.54 bits per heavy atom. The van der Waals surface area contributed by atoms with Crippen LogP contribution in [-0.2, 0) is 6.61 Å². The van der Waals surface area contributed by atoms with Crippen LogP contribution in [0.5, 0.6) is 5.75 Å². The molecule has 0 aliphatic heterocycles. The van der Waals surface area contributed by atoms with Crippen molar-refractivity contribution in [2.75, 3.05) is 0 Å². The molecule has 10 heteroatoms. The maximum Gasteiger partial charge on any atom is 0.274 e. The molecule has 9 nitrogen and oxygen atoms in total. The van der Waals surface area contributed by atoms with Gasteiger partial charge in [0.15, 0.2) is 17.8 Å². The molecule has 2 aromatic heterocycles. The van der Waals surface area contributed by atoms with Crippen molar-refractivity contribution in [1.29, 1.82) is 0 Å². The largest absolute Gasteiger partial charge is 0.489 e. The van der Waals surface area contributed by atoms with E-state index in [4.69, 9.17) is 20.8 Å². The number of aromatic amines is 1. The van der Waals surface area contributed by atoms with Crippen LogP contribution in [-0.4, -0.2) is 31.5 Å². The molecule has 174 valence electrons. The van der Waals surface area contributed by atoms with Crippen molar-refractivity contribution in [3.63, 3.8) is 0 Å². The van der Waals surface area contributed by atoms with Gasteiger partial charge in [-0.1, -0.05) is 71.4 Å². The van der Waals surface area contributed by atoms with Gasteiger partial charge in [0.2, 0.25) is 5.82 Å². The van der Waals surface area contributed by atoms with Crippen LogP contribution in [0.3, 0.4) is 0 Å². The van der Waals surface area contributed by atoms with Gasteiger partial charge < -0.3 is 14.5 Å². The number of nitrogens with one attached hydrogen (secondary N) is 2. The smallest absolute Gasteiger partial charge is 0.274 e. The first kappa shape index (κ1) is 22.3. The zero-order valence-corrected chi connectivity index (χ0v) is 19.0. The van der Waals surface area contributed by atoms with Crippen LogP contribution in [0.1, 0.15) is 33.5 Å². The number of hydrogen-bond acceptors (Lipinski definition) is 7. The molecule has 0 saturated heterocycles. The maximum atomic E-state index is 13.2. The summed E-state index contributed by atoms with van der Waals surface area (Å²) in [7, 11) is 0. The molecule has 3 aromatic carbocycles. The van der Waals surface area contributed by atoms with Crippen LogP contribution in [0.25, 0.3) is 11.3 Å². The molecule has 5 aromatic rings. The van der Waals surface area contributed by atoms with Crippen LogP contribution in [0.2, 0.25) is 5.02 Å². The predicted molar refractivity (Wildman–Crippen MR) is 128 cm³/mol. The lowest BCUT2D eigenvalue weighted by atomic mass is 10.1. The van der Waals surface area contributed by atoms with Crippen molar-refractivity contribution in [3.05, 3.63) is 113 Å². The summed E-state index contributed by atoms with van der Waals surface area (Å²) in [5.41, 5.74) is 2.45. The zero-order chi connectivity index (χ0) is 24.0. The van der Waals surface area contributed by atoms with E-state index in [1.54, 1.807) is 24.3 Å². The van der Waals surface area contributed by atoms with Crippen LogP contribution in [0, 0.1) is 0 Å². The molecule has 1 atom stereocenters. The Bertz CT molecular complexity index is 1400. The predicted octanol–water partition coefficient (Wildman–Crippen LogP) is 4.61. The maximum absolute atomic E-state index is 13.2. The molecule has 35 heavy (non-hydrogen) atoms. The highest BCUT2D eigenvalue weighted by Gasteiger charge is 2.26. The van der Waals surface area contributed by atoms with Crippen molar-refractivity contribution < 1.29 is 13.9 Å². The standard InChI is InChI=1S/C25H19ClN6O3/c26-20-9-5-4-8-19(20)23-22(27-15-35-23)25(33)28-21(24-29-31-32-30-24)17-10-12-18(13-11-17)34-14-16-6-2-1-3-7-16/h1-13,15,21H,14H2,(H,28,33)(H,29,30,31,32). The number of halogens is 1. The van der Waals surface area contributed by atoms with Gasteiger partial charge in [-0.15, -0.1) is 10.2 Å². The number of ether oxygens (including phenoxy) is 1. The van der Waals surface area contributed by atoms with Gasteiger partial charge in [-0.05, 0) is 35.4 Å². The summed E-state index contributed by atoms with van der Waals surface area (Å²) < 4.78 is 11.3. The Hall–Kier alpha value is -4.50. The molecular formula is C25H19ClN6O3. The van der Waals surface area contributed by atoms with Gasteiger partial charge in [0.1, 0.15) is 18.4 Å². The molecule has 2 N–H and O–H groups in total. The Morgan fingerprint density at radius 2 is 1.80 bits per heavy atom. The average molecular weight is 487 g/mol. The van der Waals surface area contributed by atoms with E-state index < -0.39 is 11.9 Å². The first-order valence-electron chi connectivity index (χ1n) is 10.7. The fraction of sp³-hybridized carbons (Fsp3) is 0.0800. The lowest BCUT2D eigenvalue weighted by Crippen LogP contribution is -2.30. The summed E-state index contributed by atoms with van der Waals surface area (Å²) in [6.45, 7) is 0.447. The second-order valence-corrected chi connectivity index (χ2v) is 7.94. The van der Waals surface area contributed by atoms with E-state index in [9.17, 15) is 4.79 Å². The molecular weight excluding hydrogens is 468 g/mol. The highest BCUT2D eigenvalue weighted by Crippen LogP contribution is 2.30. The van der Waals surface area contributed by atoms with Crippen LogP contribution in [0.15, 0.2) is 89.7 Å². The van der Waals surface area contributed by atoms with E-state index in [1.807, 2.05) is 54.6 Å². The van der Waals surface area contributed by atoms with E-state index >= 15 is 0 Å². The Labute approximate surface area is 205 Å². The van der Waals surface area contributed by atoms with Crippen molar-refractivity contribution in [1.82, 2.24) is 30.9 Å². The highest BCUT2D eigenvalue weighted by atomic mass is 35.5. The molecule has 0 aliphatic carbocycles. The normalized spacial score (nSPS) is 11.7. The third-order valence-electron chi connectivity index (χ3n) is 5.26. The molecule has 0 radical (unpaired) electrons. The fourth-order valence-electron chi connectivity index (χ4n) is 3.53. The topological polar surface area (TPSA) is 119 Å². The van der Waals surface area contributed by atoms with Gasteiger partial charge in [-0.25, -0.2) is 4.98 Å². The monoisotopic (exact) mass is 486 g/mol. The number of rotatable bonds is 8. The van der Waals surface area contributed by atoms with Crippen molar-refractivity contribution in [2.45, 2.75) is 12.6 Å². The van der Waals surface area contributed by atoms with E-state index in [-0.39, 0.29) is 11.5 Å². The summed E-state index contributed by atoms with van der Waals surface area (Å²) in [5, 5.41) is 17.5. The minimum Gasteiger partial charge on any atom is -0.489 e. The number of nitrogens with zero attached hydrogens (tertiary/aromatic N) is 4. The summed E-state index contributed by atoms with van der Waals surface area (Å²) in [6, 6.07) is 23.6. The van der Waals surface area contributed by atoms with Crippen molar-refractivity contribution in [3.8, 4) is 17.1 Å². The number of oxazole rings is 1. The van der Waals surface area contributed by atoms with Gasteiger partial charge in [0.25, 0.3) is 5.91 Å². The second-order valence-electron chi connectivity index (χ2n) is 7.53. The molecule has 5 rings (SSSR count). The summed E-state index contributed by atoms with van der Waals surface area (Å²) >= 11 is 6.29. The number of tetrazole rings is 1. The number of amides is 1.